The number of anilines is 1. The van der Waals surface area contributed by atoms with Gasteiger partial charge in [-0.25, -0.2) is 8.42 Å². The average Bonchev–Trinajstić information content (AvgIpc) is 2.90. The van der Waals surface area contributed by atoms with E-state index < -0.39 is 9.84 Å². The van der Waals surface area contributed by atoms with Crippen LogP contribution in [-0.4, -0.2) is 21.2 Å². The predicted octanol–water partition coefficient (Wildman–Crippen LogP) is 2.70. The van der Waals surface area contributed by atoms with E-state index in [1.165, 1.54) is 6.26 Å². The van der Waals surface area contributed by atoms with E-state index in [1.807, 2.05) is 11.4 Å². The van der Waals surface area contributed by atoms with Crippen molar-refractivity contribution in [3.05, 3.63) is 40.6 Å². The third-order valence-electron chi connectivity index (χ3n) is 3.04. The fourth-order valence-corrected chi connectivity index (χ4v) is 3.37. The van der Waals surface area contributed by atoms with Gasteiger partial charge in [0, 0.05) is 11.8 Å². The summed E-state index contributed by atoms with van der Waals surface area (Å²) in [5, 5.41) is 7.30. The van der Waals surface area contributed by atoms with E-state index in [4.69, 9.17) is 4.74 Å². The Balaban J connectivity index is 1.91. The highest BCUT2D eigenvalue weighted by atomic mass is 32.2. The average molecular weight is 295 g/mol. The summed E-state index contributed by atoms with van der Waals surface area (Å²) in [7, 11) is -3.19. The van der Waals surface area contributed by atoms with Crippen LogP contribution in [0.3, 0.4) is 0 Å². The maximum Gasteiger partial charge on any atom is 0.175 e. The van der Waals surface area contributed by atoms with E-state index in [2.05, 4.69) is 10.7 Å². The van der Waals surface area contributed by atoms with Crippen molar-refractivity contribution in [3.63, 3.8) is 0 Å². The van der Waals surface area contributed by atoms with Crippen LogP contribution in [0.5, 0.6) is 5.75 Å². The number of ether oxygens (including phenoxy) is 1. The first-order chi connectivity index (χ1) is 9.04. The van der Waals surface area contributed by atoms with Gasteiger partial charge in [0.05, 0.1) is 17.1 Å². The lowest BCUT2D eigenvalue weighted by Crippen LogP contribution is -2.23. The summed E-state index contributed by atoms with van der Waals surface area (Å²) in [6.07, 6.45) is 1.18. The molecule has 0 radical (unpaired) electrons. The number of benzene rings is 1. The molecule has 1 aromatic carbocycles. The Hall–Kier alpha value is -1.53. The van der Waals surface area contributed by atoms with Gasteiger partial charge < -0.3 is 10.1 Å². The Bertz CT molecular complexity index is 693. The summed E-state index contributed by atoms with van der Waals surface area (Å²) >= 11 is 1.63. The minimum Gasteiger partial charge on any atom is -0.482 e. The third kappa shape index (κ3) is 2.46. The second-order valence-electron chi connectivity index (χ2n) is 4.47. The Kier molecular flexibility index (Phi) is 2.99. The first-order valence-corrected chi connectivity index (χ1v) is 8.64. The molecular weight excluding hydrogens is 282 g/mol. The van der Waals surface area contributed by atoms with Crippen LogP contribution in [-0.2, 0) is 9.84 Å². The molecule has 0 bridgehead atoms. The monoisotopic (exact) mass is 295 g/mol. The van der Waals surface area contributed by atoms with Crippen LogP contribution in [0.15, 0.2) is 39.9 Å². The number of hydrogen-bond donors (Lipinski definition) is 1. The topological polar surface area (TPSA) is 55.4 Å². The summed E-state index contributed by atoms with van der Waals surface area (Å²) in [6.45, 7) is 0.636. The minimum atomic E-state index is -3.19. The van der Waals surface area contributed by atoms with Gasteiger partial charge in [0.2, 0.25) is 0 Å². The van der Waals surface area contributed by atoms with E-state index >= 15 is 0 Å². The second kappa shape index (κ2) is 4.54. The molecule has 3 rings (SSSR count). The number of sulfone groups is 1. The summed E-state index contributed by atoms with van der Waals surface area (Å²) in [6, 6.07) is 6.93. The van der Waals surface area contributed by atoms with Crippen LogP contribution in [0.4, 0.5) is 5.69 Å². The van der Waals surface area contributed by atoms with Crippen LogP contribution >= 0.6 is 11.3 Å². The van der Waals surface area contributed by atoms with E-state index in [0.29, 0.717) is 17.2 Å². The molecule has 1 aliphatic heterocycles. The smallest absolute Gasteiger partial charge is 0.175 e. The maximum atomic E-state index is 11.5. The molecular formula is C13H13NO3S2. The van der Waals surface area contributed by atoms with Crippen LogP contribution in [0, 0.1) is 0 Å². The highest BCUT2D eigenvalue weighted by molar-refractivity contribution is 7.90. The quantitative estimate of drug-likeness (QED) is 0.925. The van der Waals surface area contributed by atoms with Gasteiger partial charge in [-0.1, -0.05) is 0 Å². The van der Waals surface area contributed by atoms with E-state index in [9.17, 15) is 8.42 Å². The molecule has 2 heterocycles. The molecule has 2 aromatic rings. The number of hydrogen-bond acceptors (Lipinski definition) is 5. The van der Waals surface area contributed by atoms with E-state index in [0.717, 1.165) is 11.3 Å². The zero-order chi connectivity index (χ0) is 13.5. The van der Waals surface area contributed by atoms with Crippen LogP contribution in [0.2, 0.25) is 0 Å². The van der Waals surface area contributed by atoms with Crippen molar-refractivity contribution in [1.29, 1.82) is 0 Å². The highest BCUT2D eigenvalue weighted by Gasteiger charge is 2.22. The van der Waals surface area contributed by atoms with Crippen molar-refractivity contribution in [2.24, 2.45) is 0 Å². The molecule has 1 N–H and O–H groups in total. The zero-order valence-corrected chi connectivity index (χ0v) is 11.9. The van der Waals surface area contributed by atoms with Gasteiger partial charge in [-0.05, 0) is 35.0 Å². The number of thiophene rings is 1. The van der Waals surface area contributed by atoms with Crippen molar-refractivity contribution >= 4 is 26.9 Å². The summed E-state index contributed by atoms with van der Waals surface area (Å²) in [5.74, 6) is 0.690. The van der Waals surface area contributed by atoms with Crippen LogP contribution < -0.4 is 10.1 Å². The van der Waals surface area contributed by atoms with Crippen molar-refractivity contribution in [2.45, 2.75) is 11.0 Å². The molecule has 0 aliphatic carbocycles. The molecule has 0 saturated heterocycles. The molecule has 0 saturated carbocycles. The lowest BCUT2D eigenvalue weighted by molar-refractivity contribution is 0.211. The van der Waals surface area contributed by atoms with Gasteiger partial charge in [0.25, 0.3) is 0 Å². The Morgan fingerprint density at radius 2 is 2.21 bits per heavy atom. The SMILES string of the molecule is CS(=O)(=O)c1ccc2c(c1)NCC(c1ccsc1)O2. The van der Waals surface area contributed by atoms with Gasteiger partial charge in [-0.3, -0.25) is 0 Å². The Labute approximate surface area is 116 Å². The fourth-order valence-electron chi connectivity index (χ4n) is 2.02. The molecule has 100 valence electrons. The van der Waals surface area contributed by atoms with Gasteiger partial charge in [-0.15, -0.1) is 0 Å². The van der Waals surface area contributed by atoms with Gasteiger partial charge >= 0.3 is 0 Å². The van der Waals surface area contributed by atoms with Gasteiger partial charge in [-0.2, -0.15) is 11.3 Å². The largest absolute Gasteiger partial charge is 0.482 e. The molecule has 0 fully saturated rings. The van der Waals surface area contributed by atoms with Gasteiger partial charge in [0.1, 0.15) is 11.9 Å². The molecule has 0 amide bonds. The molecule has 1 aromatic heterocycles. The Morgan fingerprint density at radius 3 is 2.89 bits per heavy atom. The molecule has 6 heteroatoms. The minimum absolute atomic E-state index is 0.0252. The fraction of sp³-hybridized carbons (Fsp3) is 0.231. The van der Waals surface area contributed by atoms with E-state index in [-0.39, 0.29) is 6.10 Å². The van der Waals surface area contributed by atoms with Crippen molar-refractivity contribution < 1.29 is 13.2 Å². The first kappa shape index (κ1) is 12.5. The maximum absolute atomic E-state index is 11.5. The second-order valence-corrected chi connectivity index (χ2v) is 7.27. The van der Waals surface area contributed by atoms with Crippen molar-refractivity contribution in [3.8, 4) is 5.75 Å². The standard InChI is InChI=1S/C13H13NO3S2/c1-19(15,16)10-2-3-12-11(6-10)14-7-13(17-12)9-4-5-18-8-9/h2-6,8,13-14H,7H2,1H3. The number of nitrogens with one attached hydrogen (secondary N) is 1. The Morgan fingerprint density at radius 1 is 1.37 bits per heavy atom. The predicted molar refractivity (Wildman–Crippen MR) is 75.7 cm³/mol. The summed E-state index contributed by atoms with van der Waals surface area (Å²) in [4.78, 5) is 0.302. The van der Waals surface area contributed by atoms with Crippen LogP contribution in [0.1, 0.15) is 11.7 Å². The highest BCUT2D eigenvalue weighted by Crippen LogP contribution is 2.36. The lowest BCUT2D eigenvalue weighted by Gasteiger charge is -2.27. The van der Waals surface area contributed by atoms with Gasteiger partial charge in [0.15, 0.2) is 9.84 Å². The number of rotatable bonds is 2. The summed E-state index contributed by atoms with van der Waals surface area (Å²) in [5.41, 5.74) is 1.87. The van der Waals surface area contributed by atoms with Crippen molar-refractivity contribution in [2.75, 3.05) is 18.1 Å². The molecule has 0 spiro atoms. The molecule has 1 atom stereocenters. The normalized spacial score (nSPS) is 18.3. The number of fused-ring (bicyclic) bond motifs is 1. The van der Waals surface area contributed by atoms with Crippen molar-refractivity contribution in [1.82, 2.24) is 0 Å². The summed E-state index contributed by atoms with van der Waals surface area (Å²) < 4.78 is 28.9. The zero-order valence-electron chi connectivity index (χ0n) is 10.3. The first-order valence-electron chi connectivity index (χ1n) is 5.81. The molecule has 1 aliphatic rings. The van der Waals surface area contributed by atoms with E-state index in [1.54, 1.807) is 29.5 Å². The van der Waals surface area contributed by atoms with Crippen LogP contribution in [0.25, 0.3) is 0 Å². The molecule has 1 unspecified atom stereocenters. The lowest BCUT2D eigenvalue weighted by atomic mass is 10.1. The molecule has 4 nitrogen and oxygen atoms in total. The molecule has 19 heavy (non-hydrogen) atoms. The third-order valence-corrected chi connectivity index (χ3v) is 4.85.